The fraction of sp³-hybridized carbons (Fsp3) is 0.562. The first-order chi connectivity index (χ1) is 22.2. The van der Waals surface area contributed by atoms with E-state index in [2.05, 4.69) is 20.1 Å². The number of sulfonamides is 2. The van der Waals surface area contributed by atoms with Gasteiger partial charge in [0.05, 0.1) is 25.2 Å². The van der Waals surface area contributed by atoms with Crippen LogP contribution in [-0.2, 0) is 54.1 Å². The van der Waals surface area contributed by atoms with E-state index in [0.29, 0.717) is 29.3 Å². The molecule has 2 saturated heterocycles. The number of amides is 2. The zero-order valence-electron chi connectivity index (χ0n) is 27.1. The number of nitrogens with zero attached hydrogens (tertiary/aromatic N) is 1. The third kappa shape index (κ3) is 12.1. The van der Waals surface area contributed by atoms with Gasteiger partial charge in [0.2, 0.25) is 31.9 Å². The average Bonchev–Trinajstić information content (AvgIpc) is 3.45. The second-order valence-electron chi connectivity index (χ2n) is 12.6. The van der Waals surface area contributed by atoms with Crippen molar-refractivity contribution in [2.75, 3.05) is 32.1 Å². The molecule has 0 spiro atoms. The molecule has 47 heavy (non-hydrogen) atoms. The summed E-state index contributed by atoms with van der Waals surface area (Å²) in [5.74, 6) is -0.492. The SMILES string of the molecule is Cc1ccc(CNS(C)(=O)=O)c(CNC(=O)[C@@H]2C[C@@H](OCc3ccc(Cl)cc3)CN2C(=O)[C@@H](CCC2CCNCC2)NS(C)(=O)=O)c1. The minimum absolute atomic E-state index is 0.0644. The summed E-state index contributed by atoms with van der Waals surface area (Å²) in [5, 5.41) is 6.85. The molecule has 2 aromatic carbocycles. The third-order valence-electron chi connectivity index (χ3n) is 8.56. The van der Waals surface area contributed by atoms with Crippen LogP contribution in [0.25, 0.3) is 0 Å². The quantitative estimate of drug-likeness (QED) is 0.219. The van der Waals surface area contributed by atoms with Gasteiger partial charge >= 0.3 is 0 Å². The standard InChI is InChI=1S/C32H46ClN5O7S2/c1-22-4-8-25(19-36-46(2,41)42)26(16-22)18-35-31(39)30-17-28(45-21-24-5-9-27(33)10-6-24)20-38(30)32(40)29(37-47(3,43)44)11-7-23-12-14-34-15-13-23/h4-6,8-10,16,23,28-30,34,36-37H,7,11-15,17-21H2,1-3H3,(H,35,39)/t28-,29-,30+/m1/s1. The highest BCUT2D eigenvalue weighted by Crippen LogP contribution is 2.26. The molecule has 0 unspecified atom stereocenters. The Bertz CT molecular complexity index is 1600. The van der Waals surface area contributed by atoms with Gasteiger partial charge in [0.25, 0.3) is 0 Å². The molecule has 2 aliphatic rings. The van der Waals surface area contributed by atoms with Crippen LogP contribution in [0.1, 0.15) is 54.4 Å². The van der Waals surface area contributed by atoms with Crippen LogP contribution in [0.4, 0.5) is 0 Å². The van der Waals surface area contributed by atoms with Crippen molar-refractivity contribution >= 4 is 43.5 Å². The topological polar surface area (TPSA) is 163 Å². The molecule has 15 heteroatoms. The molecule has 4 N–H and O–H groups in total. The fourth-order valence-electron chi connectivity index (χ4n) is 6.07. The Hall–Kier alpha value is -2.59. The molecule has 2 aromatic rings. The lowest BCUT2D eigenvalue weighted by Gasteiger charge is -2.30. The first kappa shape index (κ1) is 37.2. The van der Waals surface area contributed by atoms with Crippen molar-refractivity contribution in [2.24, 2.45) is 5.92 Å². The van der Waals surface area contributed by atoms with Crippen molar-refractivity contribution < 1.29 is 31.2 Å². The molecule has 2 amide bonds. The summed E-state index contributed by atoms with van der Waals surface area (Å²) in [4.78, 5) is 29.3. The second kappa shape index (κ2) is 16.7. The van der Waals surface area contributed by atoms with E-state index in [4.69, 9.17) is 16.3 Å². The first-order valence-corrected chi connectivity index (χ1v) is 20.0. The summed E-state index contributed by atoms with van der Waals surface area (Å²) in [6, 6.07) is 10.8. The Labute approximate surface area is 283 Å². The van der Waals surface area contributed by atoms with Crippen LogP contribution in [0.15, 0.2) is 42.5 Å². The van der Waals surface area contributed by atoms with Crippen LogP contribution < -0.4 is 20.1 Å². The van der Waals surface area contributed by atoms with E-state index >= 15 is 0 Å². The Balaban J connectivity index is 1.52. The highest BCUT2D eigenvalue weighted by molar-refractivity contribution is 7.89. The molecule has 0 saturated carbocycles. The number of rotatable bonds is 15. The molecule has 260 valence electrons. The molecule has 0 aromatic heterocycles. The van der Waals surface area contributed by atoms with Crippen LogP contribution in [0.2, 0.25) is 5.02 Å². The molecule has 2 fully saturated rings. The first-order valence-electron chi connectivity index (χ1n) is 15.8. The Morgan fingerprint density at radius 3 is 2.36 bits per heavy atom. The van der Waals surface area contributed by atoms with Gasteiger partial charge in [-0.25, -0.2) is 26.3 Å². The summed E-state index contributed by atoms with van der Waals surface area (Å²) in [7, 11) is -7.16. The average molecular weight is 712 g/mol. The maximum Gasteiger partial charge on any atom is 0.243 e. The minimum atomic E-state index is -3.72. The number of halogens is 1. The molecule has 12 nitrogen and oxygen atoms in total. The van der Waals surface area contributed by atoms with Gasteiger partial charge in [-0.1, -0.05) is 47.5 Å². The van der Waals surface area contributed by atoms with E-state index in [-0.39, 0.29) is 32.7 Å². The van der Waals surface area contributed by atoms with Gasteiger partial charge in [-0.05, 0) is 80.4 Å². The molecule has 2 heterocycles. The largest absolute Gasteiger partial charge is 0.372 e. The van der Waals surface area contributed by atoms with Gasteiger partial charge in [-0.15, -0.1) is 0 Å². The van der Waals surface area contributed by atoms with Gasteiger partial charge in [0.15, 0.2) is 0 Å². The van der Waals surface area contributed by atoms with E-state index in [0.717, 1.165) is 55.1 Å². The molecular formula is C32H46ClN5O7S2. The van der Waals surface area contributed by atoms with Crippen molar-refractivity contribution in [1.29, 1.82) is 0 Å². The second-order valence-corrected chi connectivity index (χ2v) is 16.6. The number of likely N-dealkylation sites (tertiary alicyclic amines) is 1. The van der Waals surface area contributed by atoms with Crippen molar-refractivity contribution in [2.45, 2.75) is 76.9 Å². The molecule has 3 atom stereocenters. The number of aryl methyl sites for hydroxylation is 1. The van der Waals surface area contributed by atoms with Crippen molar-refractivity contribution in [3.63, 3.8) is 0 Å². The van der Waals surface area contributed by atoms with Crippen molar-refractivity contribution in [1.82, 2.24) is 25.0 Å². The Morgan fingerprint density at radius 2 is 1.70 bits per heavy atom. The number of carbonyl (C=O) groups excluding carboxylic acids is 2. The Morgan fingerprint density at radius 1 is 1.00 bits per heavy atom. The monoisotopic (exact) mass is 711 g/mol. The molecule has 4 rings (SSSR count). The van der Waals surface area contributed by atoms with Crippen LogP contribution in [0, 0.1) is 12.8 Å². The number of hydrogen-bond donors (Lipinski definition) is 4. The van der Waals surface area contributed by atoms with Crippen LogP contribution in [-0.4, -0.2) is 83.9 Å². The maximum absolute atomic E-state index is 14.1. The van der Waals surface area contributed by atoms with E-state index in [1.54, 1.807) is 12.1 Å². The van der Waals surface area contributed by atoms with E-state index in [9.17, 15) is 26.4 Å². The summed E-state index contributed by atoms with van der Waals surface area (Å²) in [5.41, 5.74) is 3.27. The third-order valence-corrected chi connectivity index (χ3v) is 10.2. The Kier molecular flexibility index (Phi) is 13.2. The minimum Gasteiger partial charge on any atom is -0.372 e. The number of nitrogens with one attached hydrogen (secondary N) is 4. The number of carbonyl (C=O) groups is 2. The van der Waals surface area contributed by atoms with Crippen LogP contribution in [0.3, 0.4) is 0 Å². The summed E-state index contributed by atoms with van der Waals surface area (Å²) in [6.07, 6.45) is 4.77. The summed E-state index contributed by atoms with van der Waals surface area (Å²) in [6.45, 7) is 4.21. The van der Waals surface area contributed by atoms with Gasteiger partial charge in [-0.3, -0.25) is 9.59 Å². The summed E-state index contributed by atoms with van der Waals surface area (Å²) < 4.78 is 59.3. The molecular weight excluding hydrogens is 666 g/mol. The lowest BCUT2D eigenvalue weighted by atomic mass is 9.91. The van der Waals surface area contributed by atoms with E-state index in [1.807, 2.05) is 37.3 Å². The molecule has 0 radical (unpaired) electrons. The van der Waals surface area contributed by atoms with E-state index in [1.165, 1.54) is 4.90 Å². The number of ether oxygens (including phenoxy) is 1. The van der Waals surface area contributed by atoms with Gasteiger partial charge in [-0.2, -0.15) is 0 Å². The van der Waals surface area contributed by atoms with Gasteiger partial charge in [0, 0.05) is 31.1 Å². The smallest absolute Gasteiger partial charge is 0.243 e. The van der Waals surface area contributed by atoms with Crippen molar-refractivity contribution in [3.8, 4) is 0 Å². The van der Waals surface area contributed by atoms with Gasteiger partial charge in [0.1, 0.15) is 12.1 Å². The molecule has 0 bridgehead atoms. The van der Waals surface area contributed by atoms with Crippen LogP contribution in [0.5, 0.6) is 0 Å². The van der Waals surface area contributed by atoms with Gasteiger partial charge < -0.3 is 20.3 Å². The lowest BCUT2D eigenvalue weighted by molar-refractivity contribution is -0.140. The van der Waals surface area contributed by atoms with E-state index < -0.39 is 50.0 Å². The zero-order chi connectivity index (χ0) is 34.2. The summed E-state index contributed by atoms with van der Waals surface area (Å²) >= 11 is 6.02. The maximum atomic E-state index is 14.1. The predicted octanol–water partition coefficient (Wildman–Crippen LogP) is 2.20. The number of piperidine rings is 1. The molecule has 0 aliphatic carbocycles. The molecule has 2 aliphatic heterocycles. The van der Waals surface area contributed by atoms with Crippen LogP contribution >= 0.6 is 11.6 Å². The fourth-order valence-corrected chi connectivity index (χ4v) is 7.35. The normalized spacial score (nSPS) is 19.9. The predicted molar refractivity (Wildman–Crippen MR) is 181 cm³/mol. The highest BCUT2D eigenvalue weighted by Gasteiger charge is 2.42. The lowest BCUT2D eigenvalue weighted by Crippen LogP contribution is -2.53. The van der Waals surface area contributed by atoms with Crippen molar-refractivity contribution in [3.05, 3.63) is 69.7 Å². The number of hydrogen-bond acceptors (Lipinski definition) is 8. The highest BCUT2D eigenvalue weighted by atomic mass is 35.5. The zero-order valence-corrected chi connectivity index (χ0v) is 29.5. The number of benzene rings is 2.